The van der Waals surface area contributed by atoms with Crippen LogP contribution in [0.3, 0.4) is 0 Å². The second kappa shape index (κ2) is 4.96. The Labute approximate surface area is 104 Å². The van der Waals surface area contributed by atoms with E-state index in [1.54, 1.807) is 0 Å². The lowest BCUT2D eigenvalue weighted by Crippen LogP contribution is -2.54. The van der Waals surface area contributed by atoms with Gasteiger partial charge in [-0.25, -0.2) is 0 Å². The van der Waals surface area contributed by atoms with Gasteiger partial charge in [-0.3, -0.25) is 0 Å². The highest BCUT2D eigenvalue weighted by atomic mass is 16.5. The lowest BCUT2D eigenvalue weighted by atomic mass is 9.60. The molecule has 0 aromatic carbocycles. The summed E-state index contributed by atoms with van der Waals surface area (Å²) in [6.45, 7) is 3.28. The first-order valence-electron chi connectivity index (χ1n) is 6.87. The van der Waals surface area contributed by atoms with Crippen LogP contribution >= 0.6 is 0 Å². The summed E-state index contributed by atoms with van der Waals surface area (Å²) in [6.07, 6.45) is 6.60. The molecular weight excluding hydrogens is 214 g/mol. The van der Waals surface area contributed by atoms with Gasteiger partial charge in [0, 0.05) is 6.61 Å². The monoisotopic (exact) mass is 237 g/mol. The van der Waals surface area contributed by atoms with Gasteiger partial charge in [-0.05, 0) is 44.4 Å². The molecule has 2 fully saturated rings. The van der Waals surface area contributed by atoms with Gasteiger partial charge in [-0.15, -0.1) is 0 Å². The average molecular weight is 237 g/mol. The standard InChI is InChI=1S/C14H23NO2/c1-2-12-4-7-13(10-15,8-5-12)14(16)6-3-9-17-11-14/h12,16H,2-9,11H2,1H3. The lowest BCUT2D eigenvalue weighted by molar-refractivity contribution is -0.155. The van der Waals surface area contributed by atoms with E-state index in [2.05, 4.69) is 13.0 Å². The fraction of sp³-hybridized carbons (Fsp3) is 0.929. The van der Waals surface area contributed by atoms with Gasteiger partial charge in [0.05, 0.1) is 18.1 Å². The van der Waals surface area contributed by atoms with Crippen LogP contribution < -0.4 is 0 Å². The Morgan fingerprint density at radius 1 is 1.35 bits per heavy atom. The topological polar surface area (TPSA) is 53.2 Å². The molecule has 3 heteroatoms. The number of nitrogens with zero attached hydrogens (tertiary/aromatic N) is 1. The molecule has 0 aromatic heterocycles. The Morgan fingerprint density at radius 2 is 2.06 bits per heavy atom. The van der Waals surface area contributed by atoms with E-state index in [4.69, 9.17) is 4.74 Å². The molecule has 0 amide bonds. The molecule has 2 rings (SSSR count). The summed E-state index contributed by atoms with van der Waals surface area (Å²) in [7, 11) is 0. The molecule has 0 spiro atoms. The smallest absolute Gasteiger partial charge is 0.107 e. The van der Waals surface area contributed by atoms with Crippen molar-refractivity contribution in [1.29, 1.82) is 5.26 Å². The van der Waals surface area contributed by atoms with E-state index in [-0.39, 0.29) is 0 Å². The molecule has 0 aromatic rings. The molecule has 1 heterocycles. The Bertz CT molecular complexity index is 294. The molecule has 0 bridgehead atoms. The predicted octanol–water partition coefficient (Wildman–Crippen LogP) is 2.64. The normalized spacial score (nSPS) is 43.0. The number of nitriles is 1. The second-order valence-electron chi connectivity index (χ2n) is 5.73. The van der Waals surface area contributed by atoms with E-state index >= 15 is 0 Å². The maximum atomic E-state index is 10.8. The first-order chi connectivity index (χ1) is 8.16. The summed E-state index contributed by atoms with van der Waals surface area (Å²) in [5.41, 5.74) is -1.46. The van der Waals surface area contributed by atoms with E-state index < -0.39 is 11.0 Å². The van der Waals surface area contributed by atoms with Gasteiger partial charge in [0.25, 0.3) is 0 Å². The molecule has 3 nitrogen and oxygen atoms in total. The van der Waals surface area contributed by atoms with E-state index in [0.717, 1.165) is 51.0 Å². The predicted molar refractivity (Wildman–Crippen MR) is 65.3 cm³/mol. The highest BCUT2D eigenvalue weighted by molar-refractivity contribution is 5.13. The number of aliphatic hydroxyl groups is 1. The first-order valence-corrected chi connectivity index (χ1v) is 6.87. The molecule has 1 aliphatic carbocycles. The van der Waals surface area contributed by atoms with Gasteiger partial charge in [-0.2, -0.15) is 5.26 Å². The van der Waals surface area contributed by atoms with E-state index in [9.17, 15) is 10.4 Å². The Kier molecular flexibility index (Phi) is 3.75. The molecule has 0 radical (unpaired) electrons. The lowest BCUT2D eigenvalue weighted by Gasteiger charge is -2.48. The summed E-state index contributed by atoms with van der Waals surface area (Å²) in [5, 5.41) is 20.3. The molecule has 1 N–H and O–H groups in total. The number of rotatable bonds is 2. The largest absolute Gasteiger partial charge is 0.386 e. The molecule has 2 aliphatic rings. The van der Waals surface area contributed by atoms with Gasteiger partial charge >= 0.3 is 0 Å². The van der Waals surface area contributed by atoms with Gasteiger partial charge in [-0.1, -0.05) is 13.3 Å². The van der Waals surface area contributed by atoms with Crippen LogP contribution in [0.5, 0.6) is 0 Å². The van der Waals surface area contributed by atoms with E-state index in [1.165, 1.54) is 6.42 Å². The van der Waals surface area contributed by atoms with Crippen molar-refractivity contribution >= 4 is 0 Å². The first kappa shape index (κ1) is 12.9. The zero-order valence-electron chi connectivity index (χ0n) is 10.7. The maximum absolute atomic E-state index is 10.8. The van der Waals surface area contributed by atoms with Crippen LogP contribution in [0.15, 0.2) is 0 Å². The minimum absolute atomic E-state index is 0.345. The Morgan fingerprint density at radius 3 is 2.53 bits per heavy atom. The van der Waals surface area contributed by atoms with Crippen molar-refractivity contribution in [2.45, 2.75) is 57.5 Å². The Balaban J connectivity index is 2.12. The summed E-state index contributed by atoms with van der Waals surface area (Å²) in [5.74, 6) is 0.740. The van der Waals surface area contributed by atoms with Crippen molar-refractivity contribution < 1.29 is 9.84 Å². The van der Waals surface area contributed by atoms with E-state index in [1.807, 2.05) is 0 Å². The minimum atomic E-state index is -0.904. The quantitative estimate of drug-likeness (QED) is 0.803. The third-order valence-corrected chi connectivity index (χ3v) is 4.86. The molecule has 1 aliphatic heterocycles. The SMILES string of the molecule is CCC1CCC(C#N)(C2(O)CCCOC2)CC1. The van der Waals surface area contributed by atoms with Crippen molar-refractivity contribution in [2.24, 2.45) is 11.3 Å². The third-order valence-electron chi connectivity index (χ3n) is 4.86. The van der Waals surface area contributed by atoms with Crippen LogP contribution in [0.2, 0.25) is 0 Å². The van der Waals surface area contributed by atoms with Crippen molar-refractivity contribution in [2.75, 3.05) is 13.2 Å². The highest BCUT2D eigenvalue weighted by Gasteiger charge is 2.52. The zero-order chi connectivity index (χ0) is 12.4. The summed E-state index contributed by atoms with van der Waals surface area (Å²) in [6, 6.07) is 2.44. The average Bonchev–Trinajstić information content (AvgIpc) is 2.39. The second-order valence-corrected chi connectivity index (χ2v) is 5.73. The summed E-state index contributed by atoms with van der Waals surface area (Å²) in [4.78, 5) is 0. The fourth-order valence-electron chi connectivity index (χ4n) is 3.42. The molecule has 17 heavy (non-hydrogen) atoms. The fourth-order valence-corrected chi connectivity index (χ4v) is 3.42. The molecule has 96 valence electrons. The summed E-state index contributed by atoms with van der Waals surface area (Å²) < 4.78 is 5.42. The van der Waals surface area contributed by atoms with Crippen LogP contribution in [-0.2, 0) is 4.74 Å². The van der Waals surface area contributed by atoms with Crippen LogP contribution in [0.25, 0.3) is 0 Å². The summed E-state index contributed by atoms with van der Waals surface area (Å²) >= 11 is 0. The van der Waals surface area contributed by atoms with Crippen LogP contribution in [0.1, 0.15) is 51.9 Å². The van der Waals surface area contributed by atoms with Crippen molar-refractivity contribution in [1.82, 2.24) is 0 Å². The van der Waals surface area contributed by atoms with Crippen molar-refractivity contribution in [3.05, 3.63) is 0 Å². The Hall–Kier alpha value is -0.590. The van der Waals surface area contributed by atoms with Crippen molar-refractivity contribution in [3.8, 4) is 6.07 Å². The third kappa shape index (κ3) is 2.21. The number of ether oxygens (including phenoxy) is 1. The molecule has 1 atom stereocenters. The van der Waals surface area contributed by atoms with Crippen molar-refractivity contribution in [3.63, 3.8) is 0 Å². The molecule has 1 saturated carbocycles. The van der Waals surface area contributed by atoms with Crippen LogP contribution in [0.4, 0.5) is 0 Å². The number of hydrogen-bond donors (Lipinski definition) is 1. The zero-order valence-corrected chi connectivity index (χ0v) is 10.7. The van der Waals surface area contributed by atoms with Gasteiger partial charge in [0.15, 0.2) is 0 Å². The molecule has 1 saturated heterocycles. The van der Waals surface area contributed by atoms with Crippen LogP contribution in [0, 0.1) is 22.7 Å². The van der Waals surface area contributed by atoms with Crippen LogP contribution in [-0.4, -0.2) is 23.9 Å². The van der Waals surface area contributed by atoms with Gasteiger partial charge in [0.1, 0.15) is 5.60 Å². The maximum Gasteiger partial charge on any atom is 0.107 e. The number of hydrogen-bond acceptors (Lipinski definition) is 3. The minimum Gasteiger partial charge on any atom is -0.386 e. The highest BCUT2D eigenvalue weighted by Crippen LogP contribution is 2.49. The molecular formula is C14H23NO2. The van der Waals surface area contributed by atoms with Gasteiger partial charge in [0.2, 0.25) is 0 Å². The molecule has 1 unspecified atom stereocenters. The van der Waals surface area contributed by atoms with E-state index in [0.29, 0.717) is 6.61 Å². The van der Waals surface area contributed by atoms with Gasteiger partial charge < -0.3 is 9.84 Å².